The minimum atomic E-state index is -0.416. The number of aliphatic hydroxyl groups excluding tert-OH is 1. The van der Waals surface area contributed by atoms with E-state index in [4.69, 9.17) is 10.8 Å². The normalized spacial score (nSPS) is 12.9. The molecule has 0 aliphatic rings. The number of hydrogen-bond acceptors (Lipinski definition) is 3. The van der Waals surface area contributed by atoms with Crippen molar-refractivity contribution in [2.45, 2.75) is 13.0 Å². The highest BCUT2D eigenvalue weighted by Crippen LogP contribution is 2.06. The Kier molecular flexibility index (Phi) is 2.62. The Morgan fingerprint density at radius 1 is 1.75 bits per heavy atom. The van der Waals surface area contributed by atoms with Crippen LogP contribution in [-0.2, 0) is 0 Å². The molecular weight excluding hydrogens is 156 g/mol. The molecule has 4 N–H and O–H groups in total. The Bertz CT molecular complexity index is 319. The quantitative estimate of drug-likeness (QED) is 0.566. The highest BCUT2D eigenvalue weighted by Gasteiger charge is 2.04. The second-order valence-corrected chi connectivity index (χ2v) is 2.73. The molecule has 1 unspecified atom stereocenters. The lowest BCUT2D eigenvalue weighted by atomic mass is 10.1. The van der Waals surface area contributed by atoms with Crippen molar-refractivity contribution >= 4 is 0 Å². The summed E-state index contributed by atoms with van der Waals surface area (Å²) in [6.45, 7) is 1.58. The van der Waals surface area contributed by atoms with E-state index in [-0.39, 0.29) is 12.2 Å². The van der Waals surface area contributed by atoms with Gasteiger partial charge in [0.1, 0.15) is 0 Å². The summed E-state index contributed by atoms with van der Waals surface area (Å²) in [5.74, 6) is 0. The Morgan fingerprint density at radius 2 is 2.42 bits per heavy atom. The van der Waals surface area contributed by atoms with Crippen LogP contribution < -0.4 is 11.3 Å². The predicted octanol–water partition coefficient (Wildman–Crippen LogP) is -0.325. The van der Waals surface area contributed by atoms with Gasteiger partial charge in [-0.2, -0.15) is 0 Å². The van der Waals surface area contributed by atoms with Gasteiger partial charge in [-0.05, 0) is 18.6 Å². The van der Waals surface area contributed by atoms with Crippen molar-refractivity contribution in [1.82, 2.24) is 4.98 Å². The van der Waals surface area contributed by atoms with Crippen LogP contribution in [0.2, 0.25) is 0 Å². The van der Waals surface area contributed by atoms with E-state index in [1.54, 1.807) is 13.0 Å². The van der Waals surface area contributed by atoms with Gasteiger partial charge in [0.2, 0.25) is 0 Å². The minimum absolute atomic E-state index is 0.120. The van der Waals surface area contributed by atoms with Crippen molar-refractivity contribution in [3.63, 3.8) is 0 Å². The molecule has 4 heteroatoms. The van der Waals surface area contributed by atoms with Crippen LogP contribution in [0.5, 0.6) is 0 Å². The molecule has 0 fully saturated rings. The first-order valence-electron chi connectivity index (χ1n) is 3.71. The van der Waals surface area contributed by atoms with Gasteiger partial charge in [-0.3, -0.25) is 4.79 Å². The molecule has 1 aromatic heterocycles. The van der Waals surface area contributed by atoms with Crippen molar-refractivity contribution < 1.29 is 5.11 Å². The third-order valence-electron chi connectivity index (χ3n) is 1.74. The molecule has 1 atom stereocenters. The molecule has 1 rings (SSSR count). The first-order chi connectivity index (χ1) is 5.65. The maximum Gasteiger partial charge on any atom is 0.250 e. The maximum absolute atomic E-state index is 10.9. The number of hydrogen-bond donors (Lipinski definition) is 3. The van der Waals surface area contributed by atoms with Gasteiger partial charge in [0.25, 0.3) is 5.56 Å². The van der Waals surface area contributed by atoms with E-state index in [1.165, 1.54) is 6.20 Å². The second-order valence-electron chi connectivity index (χ2n) is 2.73. The fourth-order valence-corrected chi connectivity index (χ4v) is 0.939. The molecule has 12 heavy (non-hydrogen) atoms. The molecule has 0 aromatic carbocycles. The van der Waals surface area contributed by atoms with Gasteiger partial charge < -0.3 is 15.8 Å². The number of H-pyrrole nitrogens is 1. The average molecular weight is 168 g/mol. The fourth-order valence-electron chi connectivity index (χ4n) is 0.939. The topological polar surface area (TPSA) is 79.1 Å². The highest BCUT2D eigenvalue weighted by atomic mass is 16.3. The Labute approximate surface area is 70.0 Å². The molecule has 0 aliphatic heterocycles. The molecule has 0 aliphatic carbocycles. The lowest BCUT2D eigenvalue weighted by Gasteiger charge is -2.07. The van der Waals surface area contributed by atoms with Crippen molar-refractivity contribution in [2.75, 3.05) is 6.61 Å². The van der Waals surface area contributed by atoms with Gasteiger partial charge >= 0.3 is 0 Å². The largest absolute Gasteiger partial charge is 0.394 e. The van der Waals surface area contributed by atoms with E-state index in [1.807, 2.05) is 0 Å². The van der Waals surface area contributed by atoms with Gasteiger partial charge in [-0.25, -0.2) is 0 Å². The molecule has 0 radical (unpaired) electrons. The zero-order valence-electron chi connectivity index (χ0n) is 6.87. The van der Waals surface area contributed by atoms with Crippen molar-refractivity contribution in [3.05, 3.63) is 33.7 Å². The number of aromatic nitrogens is 1. The monoisotopic (exact) mass is 168 g/mol. The number of nitrogens with two attached hydrogens (primary N) is 1. The van der Waals surface area contributed by atoms with Crippen LogP contribution in [0, 0.1) is 6.92 Å². The van der Waals surface area contributed by atoms with E-state index >= 15 is 0 Å². The summed E-state index contributed by atoms with van der Waals surface area (Å²) in [5, 5.41) is 8.73. The number of pyridine rings is 1. The second kappa shape index (κ2) is 3.51. The number of aryl methyl sites for hydroxylation is 1. The van der Waals surface area contributed by atoms with Gasteiger partial charge in [-0.15, -0.1) is 0 Å². The molecule has 0 bridgehead atoms. The maximum atomic E-state index is 10.9. The summed E-state index contributed by atoms with van der Waals surface area (Å²) in [6.07, 6.45) is 1.52. The molecule has 4 nitrogen and oxygen atoms in total. The molecule has 1 heterocycles. The SMILES string of the molecule is Cc1cc(C(N)CO)c[nH]c1=O. The van der Waals surface area contributed by atoms with Crippen LogP contribution >= 0.6 is 0 Å². The molecule has 0 spiro atoms. The summed E-state index contributed by atoms with van der Waals surface area (Å²) < 4.78 is 0. The van der Waals surface area contributed by atoms with Crippen LogP contribution in [0.25, 0.3) is 0 Å². The zero-order chi connectivity index (χ0) is 9.14. The summed E-state index contributed by atoms with van der Waals surface area (Å²) in [6, 6.07) is 1.26. The average Bonchev–Trinajstić information content (AvgIpc) is 2.08. The Morgan fingerprint density at radius 3 is 2.92 bits per heavy atom. The van der Waals surface area contributed by atoms with E-state index in [9.17, 15) is 4.79 Å². The number of aromatic amines is 1. The third kappa shape index (κ3) is 1.72. The number of nitrogens with one attached hydrogen (secondary N) is 1. The van der Waals surface area contributed by atoms with Crippen molar-refractivity contribution in [2.24, 2.45) is 5.73 Å². The molecule has 0 amide bonds. The molecule has 1 aromatic rings. The molecular formula is C8H12N2O2. The van der Waals surface area contributed by atoms with Gasteiger partial charge in [0, 0.05) is 11.8 Å². The van der Waals surface area contributed by atoms with Crippen LogP contribution in [-0.4, -0.2) is 16.7 Å². The van der Waals surface area contributed by atoms with E-state index < -0.39 is 6.04 Å². The Hall–Kier alpha value is -1.13. The van der Waals surface area contributed by atoms with Crippen molar-refractivity contribution in [3.8, 4) is 0 Å². The fraction of sp³-hybridized carbons (Fsp3) is 0.375. The summed E-state index contributed by atoms with van der Waals surface area (Å²) in [4.78, 5) is 13.5. The highest BCUT2D eigenvalue weighted by molar-refractivity contribution is 5.19. The van der Waals surface area contributed by atoms with E-state index in [0.717, 1.165) is 5.56 Å². The first-order valence-corrected chi connectivity index (χ1v) is 3.71. The first kappa shape index (κ1) is 8.96. The summed E-state index contributed by atoms with van der Waals surface area (Å²) in [5.41, 5.74) is 6.77. The predicted molar refractivity (Wildman–Crippen MR) is 45.8 cm³/mol. The van der Waals surface area contributed by atoms with Crippen LogP contribution in [0.15, 0.2) is 17.1 Å². The standard InChI is InChI=1S/C8H12N2O2/c1-5-2-6(7(9)4-11)3-10-8(5)12/h2-3,7,11H,4,9H2,1H3,(H,10,12). The summed E-state index contributed by atoms with van der Waals surface area (Å²) in [7, 11) is 0. The lowest BCUT2D eigenvalue weighted by Crippen LogP contribution is -2.18. The van der Waals surface area contributed by atoms with E-state index in [0.29, 0.717) is 5.56 Å². The van der Waals surface area contributed by atoms with Gasteiger partial charge in [0.15, 0.2) is 0 Å². The van der Waals surface area contributed by atoms with Gasteiger partial charge in [0.05, 0.1) is 12.6 Å². The zero-order valence-corrected chi connectivity index (χ0v) is 6.87. The van der Waals surface area contributed by atoms with Crippen LogP contribution in [0.3, 0.4) is 0 Å². The lowest BCUT2D eigenvalue weighted by molar-refractivity contribution is 0.267. The molecule has 0 saturated carbocycles. The molecule has 66 valence electrons. The minimum Gasteiger partial charge on any atom is -0.394 e. The smallest absolute Gasteiger partial charge is 0.250 e. The van der Waals surface area contributed by atoms with Crippen molar-refractivity contribution in [1.29, 1.82) is 0 Å². The van der Waals surface area contributed by atoms with Crippen LogP contribution in [0.4, 0.5) is 0 Å². The number of aliphatic hydroxyl groups is 1. The molecule has 0 saturated heterocycles. The Balaban J connectivity index is 3.04. The van der Waals surface area contributed by atoms with Crippen LogP contribution in [0.1, 0.15) is 17.2 Å². The number of rotatable bonds is 2. The van der Waals surface area contributed by atoms with Gasteiger partial charge in [-0.1, -0.05) is 0 Å². The summed E-state index contributed by atoms with van der Waals surface area (Å²) >= 11 is 0. The third-order valence-corrected chi connectivity index (χ3v) is 1.74. The van der Waals surface area contributed by atoms with E-state index in [2.05, 4.69) is 4.98 Å².